The van der Waals surface area contributed by atoms with Gasteiger partial charge in [0.2, 0.25) is 0 Å². The van der Waals surface area contributed by atoms with E-state index in [0.717, 1.165) is 78.5 Å². The van der Waals surface area contributed by atoms with Gasteiger partial charge in [0.15, 0.2) is 0 Å². The van der Waals surface area contributed by atoms with Gasteiger partial charge >= 0.3 is 0 Å². The molecule has 0 bridgehead atoms. The minimum atomic E-state index is -0.177. The van der Waals surface area contributed by atoms with Crippen molar-refractivity contribution in [3.8, 4) is 0 Å². The molecule has 0 saturated carbocycles. The van der Waals surface area contributed by atoms with E-state index < -0.39 is 0 Å². The van der Waals surface area contributed by atoms with Crippen LogP contribution in [0.5, 0.6) is 0 Å². The van der Waals surface area contributed by atoms with E-state index >= 15 is 0 Å². The first-order valence-corrected chi connectivity index (χ1v) is 10.4. The van der Waals surface area contributed by atoms with Crippen LogP contribution >= 0.6 is 0 Å². The van der Waals surface area contributed by atoms with Gasteiger partial charge in [-0.1, -0.05) is 32.4 Å². The van der Waals surface area contributed by atoms with Gasteiger partial charge < -0.3 is 15.0 Å². The highest BCUT2D eigenvalue weighted by atomic mass is 19.1. The molecule has 150 valence electrons. The lowest BCUT2D eigenvalue weighted by Crippen LogP contribution is -2.21. The van der Waals surface area contributed by atoms with Crippen molar-refractivity contribution in [2.45, 2.75) is 46.0 Å². The Morgan fingerprint density at radius 2 is 1.93 bits per heavy atom. The summed E-state index contributed by atoms with van der Waals surface area (Å²) in [4.78, 5) is 3.46. The summed E-state index contributed by atoms with van der Waals surface area (Å²) in [5.74, 6) is 0.798. The van der Waals surface area contributed by atoms with Crippen LogP contribution in [0.2, 0.25) is 0 Å². The fraction of sp³-hybridized carbons (Fsp3) is 0.417. The maximum atomic E-state index is 13.8. The summed E-state index contributed by atoms with van der Waals surface area (Å²) in [5, 5.41) is 5.37. The van der Waals surface area contributed by atoms with Crippen molar-refractivity contribution >= 4 is 17.7 Å². The summed E-state index contributed by atoms with van der Waals surface area (Å²) in [7, 11) is 0. The molecule has 1 aromatic rings. The molecule has 3 nitrogen and oxygen atoms in total. The Hall–Kier alpha value is -2.33. The second kappa shape index (κ2) is 10.3. The zero-order chi connectivity index (χ0) is 19.8. The van der Waals surface area contributed by atoms with Crippen LogP contribution in [0.1, 0.15) is 51.6 Å². The van der Waals surface area contributed by atoms with E-state index in [2.05, 4.69) is 42.4 Å². The van der Waals surface area contributed by atoms with Gasteiger partial charge in [-0.05, 0) is 68.2 Å². The Morgan fingerprint density at radius 3 is 2.75 bits per heavy atom. The molecule has 0 unspecified atom stereocenters. The van der Waals surface area contributed by atoms with Crippen molar-refractivity contribution in [2.75, 3.05) is 19.7 Å². The fourth-order valence-corrected chi connectivity index (χ4v) is 3.37. The van der Waals surface area contributed by atoms with E-state index in [1.165, 1.54) is 0 Å². The quantitative estimate of drug-likeness (QED) is 0.627. The van der Waals surface area contributed by atoms with E-state index in [-0.39, 0.29) is 5.83 Å². The van der Waals surface area contributed by atoms with Crippen LogP contribution < -0.4 is 15.9 Å². The number of unbranched alkanes of at least 4 members (excludes halogenated alkanes) is 1. The summed E-state index contributed by atoms with van der Waals surface area (Å²) in [5.41, 5.74) is 3.30. The summed E-state index contributed by atoms with van der Waals surface area (Å²) >= 11 is 0. The number of hydrogen-bond donors (Lipinski definition) is 2. The number of H-pyrrole nitrogens is 1. The first-order chi connectivity index (χ1) is 13.7. The summed E-state index contributed by atoms with van der Waals surface area (Å²) in [6.07, 6.45) is 16.5. The first kappa shape index (κ1) is 20.4. The molecule has 2 aliphatic carbocycles. The maximum Gasteiger partial charge on any atom is 0.120 e. The van der Waals surface area contributed by atoms with Gasteiger partial charge in [-0.15, -0.1) is 0 Å². The van der Waals surface area contributed by atoms with Gasteiger partial charge in [-0.3, -0.25) is 0 Å². The molecule has 4 heteroatoms. The molecule has 0 amide bonds. The predicted octanol–water partition coefficient (Wildman–Crippen LogP) is 4.25. The number of fused-ring (bicyclic) bond motifs is 1. The zero-order valence-electron chi connectivity index (χ0n) is 17.0. The number of aromatic amines is 1. The van der Waals surface area contributed by atoms with E-state index in [4.69, 9.17) is 4.74 Å². The monoisotopic (exact) mass is 382 g/mol. The third-order valence-corrected chi connectivity index (χ3v) is 4.90. The van der Waals surface area contributed by atoms with E-state index in [0.29, 0.717) is 6.42 Å². The van der Waals surface area contributed by atoms with E-state index in [1.807, 2.05) is 12.1 Å². The molecular formula is C24H31FN2O. The largest absolute Gasteiger partial charge is 0.494 e. The Morgan fingerprint density at radius 1 is 1.07 bits per heavy atom. The molecule has 2 N–H and O–H groups in total. The molecule has 3 rings (SSSR count). The van der Waals surface area contributed by atoms with Crippen molar-refractivity contribution in [1.82, 2.24) is 10.3 Å². The highest BCUT2D eigenvalue weighted by Crippen LogP contribution is 2.24. The predicted molar refractivity (Wildman–Crippen MR) is 116 cm³/mol. The Balaban J connectivity index is 1.88. The van der Waals surface area contributed by atoms with Crippen LogP contribution in [0.3, 0.4) is 0 Å². The molecule has 2 aliphatic rings. The number of rotatable bonds is 9. The molecule has 0 radical (unpaired) electrons. The molecule has 0 aliphatic heterocycles. The third-order valence-electron chi connectivity index (χ3n) is 4.90. The van der Waals surface area contributed by atoms with Crippen molar-refractivity contribution in [2.24, 2.45) is 0 Å². The van der Waals surface area contributed by atoms with E-state index in [9.17, 15) is 4.39 Å². The van der Waals surface area contributed by atoms with Gasteiger partial charge in [0.1, 0.15) is 11.6 Å². The Labute approximate surface area is 167 Å². The van der Waals surface area contributed by atoms with Gasteiger partial charge in [0.05, 0.1) is 6.61 Å². The molecule has 0 aromatic carbocycles. The van der Waals surface area contributed by atoms with Gasteiger partial charge in [0, 0.05) is 28.4 Å². The molecule has 1 aromatic heterocycles. The van der Waals surface area contributed by atoms with Crippen LogP contribution in [0.25, 0.3) is 17.7 Å². The number of hydrogen-bond acceptors (Lipinski definition) is 2. The number of nitrogens with one attached hydrogen (secondary N) is 2. The number of halogens is 1. The summed E-state index contributed by atoms with van der Waals surface area (Å²) in [6.45, 7) is 6.84. The van der Waals surface area contributed by atoms with Gasteiger partial charge in [-0.2, -0.15) is 0 Å². The van der Waals surface area contributed by atoms with Gasteiger partial charge in [0.25, 0.3) is 0 Å². The van der Waals surface area contributed by atoms with Crippen molar-refractivity contribution < 1.29 is 9.13 Å². The average Bonchev–Trinajstić information content (AvgIpc) is 2.85. The first-order valence-electron chi connectivity index (χ1n) is 10.4. The van der Waals surface area contributed by atoms with Crippen LogP contribution in [0, 0.1) is 0 Å². The van der Waals surface area contributed by atoms with E-state index in [1.54, 1.807) is 12.2 Å². The van der Waals surface area contributed by atoms with Crippen LogP contribution in [-0.4, -0.2) is 24.7 Å². The lowest BCUT2D eigenvalue weighted by atomic mass is 10.1. The molecule has 0 spiro atoms. The highest BCUT2D eigenvalue weighted by Gasteiger charge is 2.13. The molecular weight excluding hydrogens is 351 g/mol. The molecule has 0 fully saturated rings. The fourth-order valence-electron chi connectivity index (χ4n) is 3.37. The third kappa shape index (κ3) is 5.35. The lowest BCUT2D eigenvalue weighted by molar-refractivity contribution is 0.213. The number of aromatic nitrogens is 1. The number of allylic oxidation sites excluding steroid dienone is 6. The second-order valence-corrected chi connectivity index (χ2v) is 7.24. The Kier molecular flexibility index (Phi) is 7.49. The highest BCUT2D eigenvalue weighted by molar-refractivity contribution is 5.75. The van der Waals surface area contributed by atoms with Crippen molar-refractivity contribution in [1.29, 1.82) is 0 Å². The molecule has 0 saturated heterocycles. The normalized spacial score (nSPS) is 16.4. The molecule has 1 heterocycles. The standard InChI is InChI=1S/C24H31FN2O/c1-3-5-13-28-24-11-6-8-18(14-20(24)17-26-12-4-2)23-16-19-15-21(25)9-7-10-22(19)27-23/h8-11,14-16,26-27H,3-7,12-13,17H2,1-2H3. The second-order valence-electron chi connectivity index (χ2n) is 7.24. The number of ether oxygens (including phenoxy) is 1. The summed E-state index contributed by atoms with van der Waals surface area (Å²) in [6, 6.07) is 2.03. The van der Waals surface area contributed by atoms with Gasteiger partial charge in [-0.25, -0.2) is 4.39 Å². The summed E-state index contributed by atoms with van der Waals surface area (Å²) < 4.78 is 19.9. The van der Waals surface area contributed by atoms with Crippen molar-refractivity contribution in [3.63, 3.8) is 0 Å². The van der Waals surface area contributed by atoms with Crippen LogP contribution in [0.15, 0.2) is 47.5 Å². The van der Waals surface area contributed by atoms with Crippen molar-refractivity contribution in [3.05, 3.63) is 63.8 Å². The topological polar surface area (TPSA) is 37.0 Å². The smallest absolute Gasteiger partial charge is 0.120 e. The minimum Gasteiger partial charge on any atom is -0.494 e. The Bertz CT molecular complexity index is 915. The zero-order valence-corrected chi connectivity index (χ0v) is 17.0. The van der Waals surface area contributed by atoms with Crippen LogP contribution in [0.4, 0.5) is 4.39 Å². The average molecular weight is 383 g/mol. The molecule has 0 atom stereocenters. The maximum absolute atomic E-state index is 13.8. The van der Waals surface area contributed by atoms with Crippen LogP contribution in [-0.2, 0) is 4.74 Å². The lowest BCUT2D eigenvalue weighted by Gasteiger charge is -2.14. The molecule has 28 heavy (non-hydrogen) atoms. The SMILES string of the molecule is CCCCOC1=CCC=C(c2cc3c([nH]2)=CCC=C(F)C=3)C=C1CNCCC. The minimum absolute atomic E-state index is 0.177.